The van der Waals surface area contributed by atoms with Crippen LogP contribution in [-0.4, -0.2) is 19.4 Å². The number of aryl methyl sites for hydroxylation is 2. The molecule has 0 bridgehead atoms. The molecule has 1 N–H and O–H groups in total. The van der Waals surface area contributed by atoms with Crippen molar-refractivity contribution in [2.24, 2.45) is 0 Å². The van der Waals surface area contributed by atoms with Crippen molar-refractivity contribution in [2.45, 2.75) is 23.6 Å². The summed E-state index contributed by atoms with van der Waals surface area (Å²) in [6.45, 7) is 3.88. The van der Waals surface area contributed by atoms with Gasteiger partial charge in [0.2, 0.25) is 9.84 Å². The number of hydrogen-bond acceptors (Lipinski definition) is 6. The predicted octanol–water partition coefficient (Wildman–Crippen LogP) is 6.23. The van der Waals surface area contributed by atoms with Crippen LogP contribution in [0.1, 0.15) is 27.0 Å². The van der Waals surface area contributed by atoms with E-state index < -0.39 is 9.84 Å². The summed E-state index contributed by atoms with van der Waals surface area (Å²) in [5, 5.41) is 7.83. The number of carbonyl (C=O) groups is 1. The van der Waals surface area contributed by atoms with E-state index in [4.69, 9.17) is 4.52 Å². The topological polar surface area (TPSA) is 89.3 Å². The Bertz CT molecular complexity index is 1750. The van der Waals surface area contributed by atoms with Crippen LogP contribution in [0, 0.1) is 13.8 Å². The van der Waals surface area contributed by atoms with E-state index in [1.807, 2.05) is 44.2 Å². The predicted molar refractivity (Wildman–Crippen MR) is 134 cm³/mol. The highest BCUT2D eigenvalue weighted by atomic mass is 32.2. The lowest BCUT2D eigenvalue weighted by Gasteiger charge is -2.19. The number of nitrogens with zero attached hydrogens (tertiary/aromatic N) is 1. The minimum atomic E-state index is -3.96. The molecule has 6 rings (SSSR count). The number of aromatic nitrogens is 1. The van der Waals surface area contributed by atoms with E-state index in [0.29, 0.717) is 33.5 Å². The van der Waals surface area contributed by atoms with Crippen molar-refractivity contribution < 1.29 is 17.7 Å². The second-order valence-electron chi connectivity index (χ2n) is 8.71. The molecule has 35 heavy (non-hydrogen) atoms. The monoisotopic (exact) mass is 480 g/mol. The van der Waals surface area contributed by atoms with Gasteiger partial charge in [-0.3, -0.25) is 4.79 Å². The van der Waals surface area contributed by atoms with Crippen molar-refractivity contribution in [3.8, 4) is 11.3 Å². The summed E-state index contributed by atoms with van der Waals surface area (Å²) >= 11 is 0. The van der Waals surface area contributed by atoms with Gasteiger partial charge in [-0.1, -0.05) is 64.8 Å². The molecule has 7 heteroatoms. The van der Waals surface area contributed by atoms with Crippen molar-refractivity contribution in [2.75, 3.05) is 5.32 Å². The van der Waals surface area contributed by atoms with Crippen LogP contribution in [0.3, 0.4) is 0 Å². The van der Waals surface area contributed by atoms with Gasteiger partial charge in [-0.2, -0.15) is 0 Å². The Kier molecular flexibility index (Phi) is 4.66. The lowest BCUT2D eigenvalue weighted by molar-refractivity contribution is 0.104. The molecule has 0 unspecified atom stereocenters. The highest BCUT2D eigenvalue weighted by Gasteiger charge is 2.35. The first kappa shape index (κ1) is 21.3. The number of rotatable bonds is 4. The van der Waals surface area contributed by atoms with Crippen LogP contribution in [0.25, 0.3) is 22.2 Å². The molecule has 0 spiro atoms. The van der Waals surface area contributed by atoms with Crippen LogP contribution >= 0.6 is 0 Å². The molecule has 1 heterocycles. The second kappa shape index (κ2) is 7.65. The first-order valence-corrected chi connectivity index (χ1v) is 12.6. The van der Waals surface area contributed by atoms with E-state index in [1.165, 1.54) is 6.07 Å². The van der Waals surface area contributed by atoms with Gasteiger partial charge in [-0.25, -0.2) is 8.42 Å². The van der Waals surface area contributed by atoms with E-state index in [0.717, 1.165) is 16.8 Å². The Morgan fingerprint density at radius 2 is 1.46 bits per heavy atom. The SMILES string of the molecule is Cc1ccc(Nc2cc(S(=O)(=O)c3ccc(C)cc3)c3noc4c3c2C(=O)c2ccccc2-4)cc1. The third-order valence-corrected chi connectivity index (χ3v) is 8.10. The highest BCUT2D eigenvalue weighted by Crippen LogP contribution is 2.45. The molecule has 1 aromatic heterocycles. The quantitative estimate of drug-likeness (QED) is 0.322. The van der Waals surface area contributed by atoms with E-state index >= 15 is 0 Å². The Morgan fingerprint density at radius 1 is 0.829 bits per heavy atom. The zero-order valence-electron chi connectivity index (χ0n) is 19.0. The molecular formula is C28H20N2O4S. The zero-order valence-corrected chi connectivity index (χ0v) is 19.8. The number of carbonyl (C=O) groups excluding carboxylic acids is 1. The smallest absolute Gasteiger partial charge is 0.208 e. The summed E-state index contributed by atoms with van der Waals surface area (Å²) in [5.41, 5.74) is 4.72. The molecule has 0 amide bonds. The van der Waals surface area contributed by atoms with Crippen molar-refractivity contribution in [1.29, 1.82) is 0 Å². The molecule has 4 aromatic carbocycles. The largest absolute Gasteiger partial charge is 0.355 e. The normalized spacial score (nSPS) is 12.6. The first-order valence-electron chi connectivity index (χ1n) is 11.1. The third kappa shape index (κ3) is 3.27. The van der Waals surface area contributed by atoms with Gasteiger partial charge in [0, 0.05) is 16.8 Å². The lowest BCUT2D eigenvalue weighted by atomic mass is 9.87. The van der Waals surface area contributed by atoms with Crippen LogP contribution in [0.2, 0.25) is 0 Å². The molecular weight excluding hydrogens is 460 g/mol. The standard InChI is InChI=1S/C28H20N2O4S/c1-16-7-11-18(12-8-16)29-22-15-23(35(32,33)19-13-9-17(2)10-14-19)26-25-24(22)27(31)20-5-3-4-6-21(20)28(25)34-30-26/h3-15,29H,1-2H3. The van der Waals surface area contributed by atoms with Crippen molar-refractivity contribution in [3.05, 3.63) is 101 Å². The lowest BCUT2D eigenvalue weighted by Crippen LogP contribution is -2.13. The van der Waals surface area contributed by atoms with Gasteiger partial charge in [-0.05, 0) is 44.2 Å². The number of hydrogen-bond donors (Lipinski definition) is 1. The first-order chi connectivity index (χ1) is 16.8. The maximum Gasteiger partial charge on any atom is 0.208 e. The molecule has 0 saturated heterocycles. The zero-order chi connectivity index (χ0) is 24.3. The van der Waals surface area contributed by atoms with Crippen LogP contribution in [0.5, 0.6) is 0 Å². The van der Waals surface area contributed by atoms with Gasteiger partial charge in [0.05, 0.1) is 21.5 Å². The summed E-state index contributed by atoms with van der Waals surface area (Å²) in [7, 11) is -3.96. The molecule has 0 saturated carbocycles. The Morgan fingerprint density at radius 3 is 2.14 bits per heavy atom. The molecule has 5 aromatic rings. The molecule has 0 fully saturated rings. The molecule has 6 nitrogen and oxygen atoms in total. The Labute approximate surface area is 202 Å². The molecule has 0 radical (unpaired) electrons. The van der Waals surface area contributed by atoms with E-state index in [9.17, 15) is 13.2 Å². The van der Waals surface area contributed by atoms with Gasteiger partial charge < -0.3 is 9.84 Å². The minimum Gasteiger partial charge on any atom is -0.355 e. The van der Waals surface area contributed by atoms with Crippen molar-refractivity contribution >= 4 is 37.9 Å². The molecule has 0 aliphatic heterocycles. The second-order valence-corrected chi connectivity index (χ2v) is 10.6. The number of sulfone groups is 1. The molecule has 1 aliphatic rings. The van der Waals surface area contributed by atoms with Crippen molar-refractivity contribution in [3.63, 3.8) is 0 Å². The Balaban J connectivity index is 1.66. The molecule has 0 atom stereocenters. The average Bonchev–Trinajstić information content (AvgIpc) is 3.29. The minimum absolute atomic E-state index is 0.0168. The molecule has 1 aliphatic carbocycles. The van der Waals surface area contributed by atoms with Gasteiger partial charge in [-0.15, -0.1) is 0 Å². The van der Waals surface area contributed by atoms with E-state index in [2.05, 4.69) is 10.5 Å². The maximum atomic E-state index is 13.8. The summed E-state index contributed by atoms with van der Waals surface area (Å²) in [6.07, 6.45) is 0. The highest BCUT2D eigenvalue weighted by molar-refractivity contribution is 7.91. The van der Waals surface area contributed by atoms with Gasteiger partial charge >= 0.3 is 0 Å². The van der Waals surface area contributed by atoms with Gasteiger partial charge in [0.15, 0.2) is 11.5 Å². The summed E-state index contributed by atoms with van der Waals surface area (Å²) in [5.74, 6) is 0.174. The van der Waals surface area contributed by atoms with E-state index in [-0.39, 0.29) is 21.1 Å². The Hall–Kier alpha value is -4.23. The van der Waals surface area contributed by atoms with Gasteiger partial charge in [0.1, 0.15) is 10.4 Å². The van der Waals surface area contributed by atoms with E-state index in [1.54, 1.807) is 42.5 Å². The summed E-state index contributed by atoms with van der Waals surface area (Å²) in [6, 6.07) is 22.9. The fraction of sp³-hybridized carbons (Fsp3) is 0.0714. The fourth-order valence-corrected chi connectivity index (χ4v) is 5.89. The third-order valence-electron chi connectivity index (χ3n) is 6.31. The fourth-order valence-electron chi connectivity index (χ4n) is 4.47. The summed E-state index contributed by atoms with van der Waals surface area (Å²) < 4.78 is 33.2. The van der Waals surface area contributed by atoms with Crippen molar-refractivity contribution in [1.82, 2.24) is 5.16 Å². The van der Waals surface area contributed by atoms with Crippen LogP contribution in [0.4, 0.5) is 11.4 Å². The summed E-state index contributed by atoms with van der Waals surface area (Å²) in [4.78, 5) is 13.8. The number of benzene rings is 4. The average molecular weight is 481 g/mol. The van der Waals surface area contributed by atoms with Gasteiger partial charge in [0.25, 0.3) is 0 Å². The number of nitrogens with one attached hydrogen (secondary N) is 1. The van der Waals surface area contributed by atoms with Crippen LogP contribution in [-0.2, 0) is 9.84 Å². The molecule has 172 valence electrons. The number of ketones is 1. The number of fused-ring (bicyclic) bond motifs is 2. The van der Waals surface area contributed by atoms with Crippen LogP contribution in [0.15, 0.2) is 93.2 Å². The number of anilines is 2. The maximum absolute atomic E-state index is 13.8. The van der Waals surface area contributed by atoms with Crippen LogP contribution < -0.4 is 5.32 Å².